The first-order valence-electron chi connectivity index (χ1n) is 22.0. The molecule has 0 unspecified atom stereocenters. The topological polar surface area (TPSA) is 223 Å². The van der Waals surface area contributed by atoms with Crippen LogP contribution in [0.2, 0.25) is 0 Å². The minimum absolute atomic E-state index is 0.139. The number of fused-ring (bicyclic) bond motifs is 2. The lowest BCUT2D eigenvalue weighted by Crippen LogP contribution is -2.70. The Hall–Kier alpha value is -6.23. The van der Waals surface area contributed by atoms with E-state index in [0.717, 1.165) is 46.4 Å². The number of ether oxygens (including phenoxy) is 2. The molecule has 0 saturated carbocycles. The Balaban J connectivity index is 1.16. The predicted octanol–water partition coefficient (Wildman–Crippen LogP) is 5.66. The number of carbonyl (C=O) groups excluding carboxylic acids is 4. The third-order valence-electron chi connectivity index (χ3n) is 12.3. The molecule has 0 aromatic heterocycles. The number of carbonyl (C=O) groups is 4. The summed E-state index contributed by atoms with van der Waals surface area (Å²) in [5, 5.41) is 26.2. The Kier molecular flexibility index (Phi) is 14.2. The highest BCUT2D eigenvalue weighted by Crippen LogP contribution is 2.41. The van der Waals surface area contributed by atoms with Gasteiger partial charge in [0.25, 0.3) is 11.6 Å². The Labute approximate surface area is 375 Å². The molecule has 2 fully saturated rings. The van der Waals surface area contributed by atoms with E-state index in [1.54, 1.807) is 20.8 Å². The largest absolute Gasteiger partial charge is 0.487 e. The summed E-state index contributed by atoms with van der Waals surface area (Å²) in [6.45, 7) is 17.2. The molecule has 4 amide bonds. The van der Waals surface area contributed by atoms with Crippen LogP contribution in [0.5, 0.6) is 5.75 Å². The normalized spacial score (nSPS) is 20.0. The lowest BCUT2D eigenvalue weighted by Gasteiger charge is -2.46. The number of hydrazine groups is 1. The number of hydrogen-bond donors (Lipinski definition) is 5. The Bertz CT molecular complexity index is 2280. The number of nitro benzene ring substituents is 1. The van der Waals surface area contributed by atoms with Crippen molar-refractivity contribution in [1.29, 1.82) is 0 Å². The van der Waals surface area contributed by atoms with Gasteiger partial charge in [0.15, 0.2) is 5.96 Å². The second kappa shape index (κ2) is 19.3. The average molecular weight is 882 g/mol. The highest BCUT2D eigenvalue weighted by Gasteiger charge is 2.54. The summed E-state index contributed by atoms with van der Waals surface area (Å²) >= 11 is 0. The van der Waals surface area contributed by atoms with E-state index in [9.17, 15) is 29.3 Å². The van der Waals surface area contributed by atoms with Gasteiger partial charge < -0.3 is 36.5 Å². The van der Waals surface area contributed by atoms with Crippen LogP contribution in [0, 0.1) is 30.9 Å². The Morgan fingerprint density at radius 2 is 1.72 bits per heavy atom. The van der Waals surface area contributed by atoms with Crippen LogP contribution >= 0.6 is 0 Å². The summed E-state index contributed by atoms with van der Waals surface area (Å²) in [5.41, 5.74) is 10.6. The highest BCUT2D eigenvalue weighted by molar-refractivity contribution is 5.99. The third kappa shape index (κ3) is 11.1. The number of alkyl carbamates (subject to hydrolysis) is 1. The second-order valence-corrected chi connectivity index (χ2v) is 18.7. The van der Waals surface area contributed by atoms with Crippen LogP contribution in [-0.4, -0.2) is 93.2 Å². The number of anilines is 1. The Morgan fingerprint density at radius 3 is 2.39 bits per heavy atom. The molecule has 0 spiro atoms. The summed E-state index contributed by atoms with van der Waals surface area (Å²) in [5.74, 6) is -0.346. The molecule has 17 heteroatoms. The number of nitrogens with one attached hydrogen (secondary N) is 4. The molecule has 3 aliphatic heterocycles. The van der Waals surface area contributed by atoms with Gasteiger partial charge in [-0.25, -0.2) is 14.8 Å². The van der Waals surface area contributed by atoms with Crippen molar-refractivity contribution in [2.45, 2.75) is 136 Å². The maximum Gasteiger partial charge on any atom is 0.408 e. The molecule has 6 rings (SSSR count). The van der Waals surface area contributed by atoms with Crippen LogP contribution in [0.1, 0.15) is 100 Å². The number of nitrogens with zero attached hydrogens (tertiary/aromatic N) is 4. The van der Waals surface area contributed by atoms with Gasteiger partial charge in [-0.15, -0.1) is 0 Å². The van der Waals surface area contributed by atoms with Crippen LogP contribution in [0.25, 0.3) is 0 Å². The number of benzene rings is 3. The predicted molar refractivity (Wildman–Crippen MR) is 244 cm³/mol. The molecule has 0 aliphatic carbocycles. The van der Waals surface area contributed by atoms with Crippen molar-refractivity contribution in [2.75, 3.05) is 25.0 Å². The molecule has 64 heavy (non-hydrogen) atoms. The lowest BCUT2D eigenvalue weighted by molar-refractivity contribution is -0.384. The summed E-state index contributed by atoms with van der Waals surface area (Å²) in [4.78, 5) is 71.6. The molecule has 3 aliphatic rings. The van der Waals surface area contributed by atoms with E-state index in [1.807, 2.05) is 35.3 Å². The van der Waals surface area contributed by atoms with Crippen molar-refractivity contribution >= 4 is 41.1 Å². The first-order chi connectivity index (χ1) is 30.2. The monoisotopic (exact) mass is 881 g/mol. The van der Waals surface area contributed by atoms with Gasteiger partial charge in [0.2, 0.25) is 11.8 Å². The average Bonchev–Trinajstić information content (AvgIpc) is 3.67. The van der Waals surface area contributed by atoms with Gasteiger partial charge in [0.1, 0.15) is 34.6 Å². The fraction of sp³-hybridized carbons (Fsp3) is 0.511. The van der Waals surface area contributed by atoms with Crippen molar-refractivity contribution in [3.63, 3.8) is 0 Å². The maximum atomic E-state index is 14.7. The maximum absolute atomic E-state index is 14.7. The molecular formula is C47H63N9O8. The first-order valence-corrected chi connectivity index (χ1v) is 22.0. The van der Waals surface area contributed by atoms with E-state index in [-0.39, 0.29) is 36.5 Å². The smallest absolute Gasteiger partial charge is 0.408 e. The van der Waals surface area contributed by atoms with E-state index in [1.165, 1.54) is 34.8 Å². The van der Waals surface area contributed by atoms with E-state index in [2.05, 4.69) is 60.9 Å². The van der Waals surface area contributed by atoms with Gasteiger partial charge in [-0.3, -0.25) is 29.5 Å². The fourth-order valence-electron chi connectivity index (χ4n) is 8.71. The van der Waals surface area contributed by atoms with Crippen LogP contribution in [0.15, 0.2) is 59.6 Å². The van der Waals surface area contributed by atoms with Crippen LogP contribution in [0.4, 0.5) is 16.2 Å². The van der Waals surface area contributed by atoms with Crippen LogP contribution in [0.3, 0.4) is 0 Å². The van der Waals surface area contributed by atoms with Gasteiger partial charge in [-0.05, 0) is 139 Å². The lowest BCUT2D eigenvalue weighted by atomic mass is 9.84. The van der Waals surface area contributed by atoms with Gasteiger partial charge in [-0.2, -0.15) is 0 Å². The summed E-state index contributed by atoms with van der Waals surface area (Å²) in [6.07, 6.45) is 2.40. The summed E-state index contributed by atoms with van der Waals surface area (Å²) in [7, 11) is 0. The molecule has 0 radical (unpaired) electrons. The fourth-order valence-corrected chi connectivity index (χ4v) is 8.71. The van der Waals surface area contributed by atoms with Crippen molar-refractivity contribution in [2.24, 2.45) is 10.7 Å². The molecule has 6 N–H and O–H groups in total. The van der Waals surface area contributed by atoms with Crippen molar-refractivity contribution in [3.05, 3.63) is 98.1 Å². The molecule has 3 aromatic carbocycles. The first kappa shape index (κ1) is 47.3. The number of nitrogens with two attached hydrogens (primary N) is 1. The van der Waals surface area contributed by atoms with E-state index in [0.29, 0.717) is 44.7 Å². The van der Waals surface area contributed by atoms with E-state index in [4.69, 9.17) is 15.2 Å². The van der Waals surface area contributed by atoms with Gasteiger partial charge >= 0.3 is 6.09 Å². The Morgan fingerprint density at radius 1 is 1.02 bits per heavy atom. The molecule has 3 heterocycles. The number of guanidine groups is 1. The van der Waals surface area contributed by atoms with Gasteiger partial charge in [0.05, 0.1) is 11.5 Å². The molecule has 2 saturated heterocycles. The highest BCUT2D eigenvalue weighted by atomic mass is 16.6. The SMILES string of the molecule is Cc1c(C)c2c(c(C)c1CN=C(N)NCCC[C@H](NC(=O)[C@@H]1CCN3CC[C@](Cc4ccccc4)(NC(=O)OC(C)(C)C)C(=O)N13)C(=O)Nc1ccc([N+](=O)[O-])cc1)CCC(C)(C)O2. The quantitative estimate of drug-likeness (QED) is 0.0437. The number of hydrogen-bond acceptors (Lipinski definition) is 10. The number of non-ortho nitro benzene ring substituents is 1. The number of rotatable bonds is 14. The zero-order valence-electron chi connectivity index (χ0n) is 38.3. The second-order valence-electron chi connectivity index (χ2n) is 18.7. The zero-order chi connectivity index (χ0) is 46.6. The molecular weight excluding hydrogens is 819 g/mol. The van der Waals surface area contributed by atoms with Crippen molar-refractivity contribution in [1.82, 2.24) is 26.0 Å². The molecule has 0 bridgehead atoms. The number of amides is 4. The van der Waals surface area contributed by atoms with Crippen LogP contribution in [-0.2, 0) is 38.5 Å². The van der Waals surface area contributed by atoms with Crippen LogP contribution < -0.4 is 31.7 Å². The molecule has 17 nitrogen and oxygen atoms in total. The summed E-state index contributed by atoms with van der Waals surface area (Å²) < 4.78 is 12.0. The molecule has 3 aromatic rings. The van der Waals surface area contributed by atoms with Crippen molar-refractivity contribution in [3.8, 4) is 5.75 Å². The summed E-state index contributed by atoms with van der Waals surface area (Å²) in [6, 6.07) is 12.7. The van der Waals surface area contributed by atoms with Gasteiger partial charge in [0, 0.05) is 43.9 Å². The molecule has 3 atom stereocenters. The standard InChI is InChI=1S/C47H63N9O8/c1-29-30(2)39-35(20-22-46(7,8)63-39)31(3)36(29)28-50-43(48)49-24-12-15-37(40(57)51-33-16-18-34(19-17-33)56(61)62)52-41(58)38-21-25-54-26-23-47(42(59)55(38)54,27-32-13-10-9-11-14-32)53-44(60)64-45(4,5)6/h9-11,13-14,16-19,37-38H,12,15,20-28H2,1-8H3,(H,51,57)(H,52,58)(H,53,60)(H3,48,49,50)/t37-,38-,47+/m0/s1. The van der Waals surface area contributed by atoms with Gasteiger partial charge in [-0.1, -0.05) is 30.3 Å². The van der Waals surface area contributed by atoms with Crippen molar-refractivity contribution < 1.29 is 33.6 Å². The van der Waals surface area contributed by atoms with E-state index >= 15 is 0 Å². The third-order valence-corrected chi connectivity index (χ3v) is 12.3. The number of nitro groups is 1. The van der Waals surface area contributed by atoms with E-state index < -0.39 is 52.0 Å². The minimum Gasteiger partial charge on any atom is -0.487 e. The minimum atomic E-state index is -1.41. The number of aliphatic imine (C=N–C) groups is 1. The zero-order valence-corrected chi connectivity index (χ0v) is 38.3. The molecule has 344 valence electrons.